The minimum absolute atomic E-state index is 0.122. The lowest BCUT2D eigenvalue weighted by Crippen LogP contribution is -2.39. The van der Waals surface area contributed by atoms with Gasteiger partial charge in [0, 0.05) is 18.0 Å². The van der Waals surface area contributed by atoms with Gasteiger partial charge in [-0.3, -0.25) is 9.59 Å². The number of rotatable bonds is 6. The second-order valence-corrected chi connectivity index (χ2v) is 9.29. The molecule has 134 valence electrons. The Hall–Kier alpha value is -1.75. The molecule has 1 amide bonds. The van der Waals surface area contributed by atoms with Gasteiger partial charge in [0.05, 0.1) is 0 Å². The van der Waals surface area contributed by atoms with Crippen molar-refractivity contribution in [3.8, 4) is 0 Å². The number of nitrogens with zero attached hydrogens (tertiary/aromatic N) is 1. The van der Waals surface area contributed by atoms with Crippen molar-refractivity contribution in [2.24, 2.45) is 0 Å². The smallest absolute Gasteiger partial charge is 0.321 e. The first-order valence-electron chi connectivity index (χ1n) is 7.47. The Morgan fingerprint density at radius 2 is 2.08 bits per heavy atom. The van der Waals surface area contributed by atoms with E-state index >= 15 is 0 Å². The van der Waals surface area contributed by atoms with E-state index in [9.17, 15) is 18.0 Å². The molecule has 0 radical (unpaired) electrons. The Morgan fingerprint density at radius 1 is 1.24 bits per heavy atom. The van der Waals surface area contributed by atoms with E-state index in [4.69, 9.17) is 4.74 Å². The normalized spacial score (nSPS) is 14.2. The van der Waals surface area contributed by atoms with Gasteiger partial charge < -0.3 is 9.64 Å². The summed E-state index contributed by atoms with van der Waals surface area (Å²) < 4.78 is 31.0. The monoisotopic (exact) mass is 400 g/mol. The third-order valence-corrected chi connectivity index (χ3v) is 7.51. The summed E-state index contributed by atoms with van der Waals surface area (Å²) in [7, 11) is -3.72. The zero-order valence-electron chi connectivity index (χ0n) is 13.1. The maximum absolute atomic E-state index is 12.1. The molecule has 3 rings (SSSR count). The van der Waals surface area contributed by atoms with E-state index in [0.717, 1.165) is 23.3 Å². The Bertz CT molecular complexity index is 858. The molecule has 0 spiro atoms. The molecular weight excluding hydrogens is 384 g/mol. The largest absolute Gasteiger partial charge is 0.455 e. The number of thiophene rings is 2. The number of sulfonamides is 1. The molecule has 0 saturated heterocycles. The number of ether oxygens (including phenoxy) is 1. The molecule has 1 N–H and O–H groups in total. The summed E-state index contributed by atoms with van der Waals surface area (Å²) in [5, 5.41) is 3.63. The van der Waals surface area contributed by atoms with Crippen molar-refractivity contribution in [2.45, 2.75) is 17.2 Å². The molecule has 0 saturated carbocycles. The second kappa shape index (κ2) is 7.65. The zero-order valence-corrected chi connectivity index (χ0v) is 15.6. The number of carbonyl (C=O) groups excluding carboxylic acids is 2. The van der Waals surface area contributed by atoms with Crippen molar-refractivity contribution in [3.63, 3.8) is 0 Å². The van der Waals surface area contributed by atoms with Gasteiger partial charge in [-0.2, -0.15) is 4.72 Å². The van der Waals surface area contributed by atoms with Gasteiger partial charge in [0.15, 0.2) is 6.61 Å². The molecule has 10 heteroatoms. The first kappa shape index (κ1) is 18.1. The van der Waals surface area contributed by atoms with Gasteiger partial charge in [0.25, 0.3) is 15.9 Å². The molecule has 0 aliphatic carbocycles. The van der Waals surface area contributed by atoms with E-state index in [-0.39, 0.29) is 16.7 Å². The van der Waals surface area contributed by atoms with Crippen LogP contribution in [0.25, 0.3) is 0 Å². The maximum Gasteiger partial charge on any atom is 0.321 e. The highest BCUT2D eigenvalue weighted by Gasteiger charge is 2.23. The minimum Gasteiger partial charge on any atom is -0.455 e. The maximum atomic E-state index is 12.1. The van der Waals surface area contributed by atoms with E-state index in [1.54, 1.807) is 27.7 Å². The van der Waals surface area contributed by atoms with Crippen molar-refractivity contribution in [3.05, 3.63) is 39.4 Å². The van der Waals surface area contributed by atoms with Crippen LogP contribution >= 0.6 is 22.7 Å². The van der Waals surface area contributed by atoms with Crippen molar-refractivity contribution in [1.82, 2.24) is 9.62 Å². The topological polar surface area (TPSA) is 92.8 Å². The fourth-order valence-corrected chi connectivity index (χ4v) is 5.28. The number of fused-ring (bicyclic) bond motifs is 1. The molecule has 0 fully saturated rings. The van der Waals surface area contributed by atoms with Gasteiger partial charge in [-0.1, -0.05) is 6.07 Å². The predicted octanol–water partition coefficient (Wildman–Crippen LogP) is 1.22. The van der Waals surface area contributed by atoms with E-state index in [0.29, 0.717) is 13.1 Å². The lowest BCUT2D eigenvalue weighted by molar-refractivity contribution is -0.151. The summed E-state index contributed by atoms with van der Waals surface area (Å²) >= 11 is 2.73. The molecule has 2 aromatic rings. The van der Waals surface area contributed by atoms with Crippen LogP contribution in [0.3, 0.4) is 0 Å². The highest BCUT2D eigenvalue weighted by Crippen LogP contribution is 2.23. The van der Waals surface area contributed by atoms with Gasteiger partial charge in [-0.15, -0.1) is 22.7 Å². The number of hydrogen-bond donors (Lipinski definition) is 1. The van der Waals surface area contributed by atoms with Crippen LogP contribution in [-0.2, 0) is 37.3 Å². The van der Waals surface area contributed by atoms with Crippen LogP contribution < -0.4 is 4.72 Å². The molecule has 7 nitrogen and oxygen atoms in total. The molecule has 0 aromatic carbocycles. The third-order valence-electron chi connectivity index (χ3n) is 3.68. The van der Waals surface area contributed by atoms with Gasteiger partial charge in [-0.05, 0) is 34.9 Å². The van der Waals surface area contributed by atoms with Crippen molar-refractivity contribution in [1.29, 1.82) is 0 Å². The van der Waals surface area contributed by atoms with Gasteiger partial charge >= 0.3 is 5.97 Å². The van der Waals surface area contributed by atoms with Gasteiger partial charge in [0.2, 0.25) is 0 Å². The molecule has 1 aliphatic rings. The van der Waals surface area contributed by atoms with Gasteiger partial charge in [-0.25, -0.2) is 8.42 Å². The Kier molecular flexibility index (Phi) is 5.52. The summed E-state index contributed by atoms with van der Waals surface area (Å²) in [6.07, 6.45) is 0.799. The number of nitrogens with one attached hydrogen (secondary N) is 1. The first-order chi connectivity index (χ1) is 12.0. The quantitative estimate of drug-likeness (QED) is 0.736. The fourth-order valence-electron chi connectivity index (χ4n) is 2.39. The van der Waals surface area contributed by atoms with Crippen LogP contribution in [0.4, 0.5) is 0 Å². The van der Waals surface area contributed by atoms with E-state index < -0.39 is 22.5 Å². The lowest BCUT2D eigenvalue weighted by Gasteiger charge is -2.26. The van der Waals surface area contributed by atoms with Crippen LogP contribution in [0, 0.1) is 0 Å². The van der Waals surface area contributed by atoms with Crippen molar-refractivity contribution < 1.29 is 22.7 Å². The Morgan fingerprint density at radius 3 is 2.84 bits per heavy atom. The van der Waals surface area contributed by atoms with E-state index in [1.165, 1.54) is 10.9 Å². The highest BCUT2D eigenvalue weighted by molar-refractivity contribution is 7.91. The molecule has 0 unspecified atom stereocenters. The molecule has 0 atom stereocenters. The average Bonchev–Trinajstić information content (AvgIpc) is 3.28. The van der Waals surface area contributed by atoms with E-state index in [2.05, 4.69) is 4.72 Å². The van der Waals surface area contributed by atoms with Crippen molar-refractivity contribution in [2.75, 3.05) is 19.7 Å². The Balaban J connectivity index is 1.44. The standard InChI is InChI=1S/C15H16N2O5S3/c18-13(17-5-3-12-11(9-17)4-7-23-12)10-22-14(19)8-16-25(20,21)15-2-1-6-24-15/h1-2,4,6-7,16H,3,5,8-10H2. The highest BCUT2D eigenvalue weighted by atomic mass is 32.2. The summed E-state index contributed by atoms with van der Waals surface area (Å²) in [4.78, 5) is 26.7. The van der Waals surface area contributed by atoms with Crippen LogP contribution in [0.5, 0.6) is 0 Å². The molecule has 25 heavy (non-hydrogen) atoms. The summed E-state index contributed by atoms with van der Waals surface area (Å²) in [5.41, 5.74) is 1.12. The lowest BCUT2D eigenvalue weighted by atomic mass is 10.1. The molecule has 2 aromatic heterocycles. The fraction of sp³-hybridized carbons (Fsp3) is 0.333. The minimum atomic E-state index is -3.72. The van der Waals surface area contributed by atoms with Crippen LogP contribution in [0.1, 0.15) is 10.4 Å². The molecule has 1 aliphatic heterocycles. The van der Waals surface area contributed by atoms with Crippen molar-refractivity contribution >= 4 is 44.6 Å². The summed E-state index contributed by atoms with van der Waals surface area (Å²) in [6, 6.07) is 5.04. The summed E-state index contributed by atoms with van der Waals surface area (Å²) in [5.74, 6) is -1.08. The number of hydrogen-bond acceptors (Lipinski definition) is 7. The second-order valence-electron chi connectivity index (χ2n) is 5.35. The third kappa shape index (κ3) is 4.46. The Labute approximate surface area is 153 Å². The van der Waals surface area contributed by atoms with Gasteiger partial charge in [0.1, 0.15) is 10.8 Å². The van der Waals surface area contributed by atoms with Crippen LogP contribution in [0.2, 0.25) is 0 Å². The van der Waals surface area contributed by atoms with E-state index in [1.807, 2.05) is 11.4 Å². The zero-order chi connectivity index (χ0) is 17.9. The first-order valence-corrected chi connectivity index (χ1v) is 10.7. The summed E-state index contributed by atoms with van der Waals surface area (Å²) in [6.45, 7) is 0.205. The molecule has 3 heterocycles. The number of carbonyl (C=O) groups is 2. The SMILES string of the molecule is O=C(CNS(=O)(=O)c1cccs1)OCC(=O)N1CCc2sccc2C1. The molecular formula is C15H16N2O5S3. The average molecular weight is 401 g/mol. The predicted molar refractivity (Wildman–Crippen MR) is 93.9 cm³/mol. The van der Waals surface area contributed by atoms with Crippen LogP contribution in [-0.4, -0.2) is 44.9 Å². The number of amides is 1. The van der Waals surface area contributed by atoms with Crippen LogP contribution in [0.15, 0.2) is 33.2 Å². The molecule has 0 bridgehead atoms. The number of esters is 1.